The Balaban J connectivity index is 1.77. The molecule has 2 aromatic rings. The van der Waals surface area contributed by atoms with Gasteiger partial charge in [0.05, 0.1) is 10.5 Å². The van der Waals surface area contributed by atoms with Crippen molar-refractivity contribution in [3.8, 4) is 0 Å². The minimum absolute atomic E-state index is 0.0865. The van der Waals surface area contributed by atoms with Crippen molar-refractivity contribution in [1.82, 2.24) is 10.3 Å². The summed E-state index contributed by atoms with van der Waals surface area (Å²) in [6.07, 6.45) is 2.26. The summed E-state index contributed by atoms with van der Waals surface area (Å²) in [7, 11) is 0. The van der Waals surface area contributed by atoms with Gasteiger partial charge in [0.2, 0.25) is 5.82 Å². The van der Waals surface area contributed by atoms with Gasteiger partial charge < -0.3 is 15.4 Å². The van der Waals surface area contributed by atoms with Gasteiger partial charge in [0.1, 0.15) is 9.30 Å². The molecule has 0 bridgehead atoms. The fourth-order valence-corrected chi connectivity index (χ4v) is 3.61. The molecule has 0 saturated heterocycles. The maximum absolute atomic E-state index is 12.3. The van der Waals surface area contributed by atoms with E-state index < -0.39 is 22.2 Å². The number of ether oxygens (including phenoxy) is 1. The second-order valence-electron chi connectivity index (χ2n) is 8.02. The summed E-state index contributed by atoms with van der Waals surface area (Å²) < 4.78 is 6.06. The lowest BCUT2D eigenvalue weighted by Crippen LogP contribution is -2.52. The number of nitro groups is 1. The number of benzene rings is 1. The Morgan fingerprint density at radius 2 is 1.86 bits per heavy atom. The molecular weight excluding hydrogens is 487 g/mol. The van der Waals surface area contributed by atoms with Crippen LogP contribution in [0.3, 0.4) is 0 Å². The lowest BCUT2D eigenvalue weighted by Gasteiger charge is -2.43. The van der Waals surface area contributed by atoms with Crippen LogP contribution in [0.15, 0.2) is 36.4 Å². The zero-order valence-electron chi connectivity index (χ0n) is 16.5. The van der Waals surface area contributed by atoms with Crippen molar-refractivity contribution in [1.29, 1.82) is 0 Å². The van der Waals surface area contributed by atoms with Crippen LogP contribution >= 0.6 is 22.6 Å². The van der Waals surface area contributed by atoms with E-state index in [1.54, 1.807) is 6.07 Å². The number of amides is 1. The van der Waals surface area contributed by atoms with Crippen LogP contribution in [-0.2, 0) is 10.3 Å². The Bertz CT molecular complexity index is 921. The number of nitrogens with one attached hydrogen (secondary N) is 2. The summed E-state index contributed by atoms with van der Waals surface area (Å²) in [4.78, 5) is 27.2. The summed E-state index contributed by atoms with van der Waals surface area (Å²) >= 11 is 2.01. The number of carbonyl (C=O) groups excluding carboxylic acids is 1. The van der Waals surface area contributed by atoms with Crippen molar-refractivity contribution >= 4 is 45.9 Å². The van der Waals surface area contributed by atoms with Crippen LogP contribution in [0.1, 0.15) is 45.6 Å². The van der Waals surface area contributed by atoms with Crippen LogP contribution < -0.4 is 10.6 Å². The first-order valence-corrected chi connectivity index (χ1v) is 10.4. The first-order chi connectivity index (χ1) is 13.6. The Kier molecular flexibility index (Phi) is 5.97. The minimum Gasteiger partial charge on any atom is -0.444 e. The second-order valence-corrected chi connectivity index (χ2v) is 9.13. The molecule has 0 atom stereocenters. The summed E-state index contributed by atoms with van der Waals surface area (Å²) in [6, 6.07) is 10.5. The van der Waals surface area contributed by atoms with Gasteiger partial charge in [-0.3, -0.25) is 10.1 Å². The van der Waals surface area contributed by atoms with Gasteiger partial charge in [0.15, 0.2) is 0 Å². The number of pyridine rings is 1. The normalized spacial score (nSPS) is 15.2. The zero-order chi connectivity index (χ0) is 21.2. The van der Waals surface area contributed by atoms with E-state index in [1.165, 1.54) is 6.07 Å². The fraction of sp³-hybridized carbons (Fsp3) is 0.400. The van der Waals surface area contributed by atoms with Crippen LogP contribution in [0.25, 0.3) is 0 Å². The van der Waals surface area contributed by atoms with Gasteiger partial charge in [0.25, 0.3) is 0 Å². The molecule has 29 heavy (non-hydrogen) atoms. The number of hydrogen-bond acceptors (Lipinski definition) is 6. The molecule has 1 heterocycles. The number of rotatable bonds is 5. The molecule has 0 radical (unpaired) electrons. The first kappa shape index (κ1) is 21.3. The maximum atomic E-state index is 12.3. The highest BCUT2D eigenvalue weighted by Gasteiger charge is 2.41. The number of halogens is 1. The van der Waals surface area contributed by atoms with Gasteiger partial charge in [-0.15, -0.1) is 0 Å². The lowest BCUT2D eigenvalue weighted by molar-refractivity contribution is -0.384. The van der Waals surface area contributed by atoms with Gasteiger partial charge in [-0.2, -0.15) is 0 Å². The molecule has 1 saturated carbocycles. The third-order valence-corrected chi connectivity index (χ3v) is 5.29. The van der Waals surface area contributed by atoms with E-state index in [9.17, 15) is 14.9 Å². The summed E-state index contributed by atoms with van der Waals surface area (Å²) in [5.74, 6) is 0.194. The average molecular weight is 510 g/mol. The Morgan fingerprint density at radius 1 is 1.21 bits per heavy atom. The van der Waals surface area contributed by atoms with E-state index in [4.69, 9.17) is 4.74 Å². The number of alkyl carbamates (subject to hydrolysis) is 1. The van der Waals surface area contributed by atoms with Crippen molar-refractivity contribution < 1.29 is 14.5 Å². The van der Waals surface area contributed by atoms with Crippen molar-refractivity contribution in [3.63, 3.8) is 0 Å². The van der Waals surface area contributed by atoms with Crippen LogP contribution in [0.4, 0.5) is 22.0 Å². The molecule has 0 aliphatic heterocycles. The average Bonchev–Trinajstić information content (AvgIpc) is 2.57. The van der Waals surface area contributed by atoms with E-state index in [1.807, 2.05) is 67.6 Å². The number of anilines is 2. The monoisotopic (exact) mass is 510 g/mol. The second kappa shape index (κ2) is 8.13. The predicted octanol–water partition coefficient (Wildman–Crippen LogP) is 5.24. The standard InChI is InChI=1S/C20H23IN4O4/c1-19(2,3)29-18(26)24-20(11-4-12-20)13-5-7-14(8-6-13)22-17-15(25(27)28)9-10-16(21)23-17/h5-10H,4,11-12H2,1-3H3,(H,22,23)(H,24,26). The molecule has 0 spiro atoms. The minimum atomic E-state index is -0.558. The first-order valence-electron chi connectivity index (χ1n) is 9.28. The number of hydrogen-bond donors (Lipinski definition) is 2. The molecular formula is C20H23IN4O4. The van der Waals surface area contributed by atoms with Crippen molar-refractivity contribution in [3.05, 3.63) is 55.8 Å². The predicted molar refractivity (Wildman–Crippen MR) is 118 cm³/mol. The SMILES string of the molecule is CC(C)(C)OC(=O)NC1(c2ccc(Nc3nc(I)ccc3[N+](=O)[O-])cc2)CCC1. The molecule has 9 heteroatoms. The fourth-order valence-electron chi connectivity index (χ4n) is 3.19. The topological polar surface area (TPSA) is 106 Å². The highest BCUT2D eigenvalue weighted by Crippen LogP contribution is 2.42. The van der Waals surface area contributed by atoms with E-state index in [2.05, 4.69) is 15.6 Å². The van der Waals surface area contributed by atoms with Gasteiger partial charge >= 0.3 is 11.8 Å². The molecule has 1 fully saturated rings. The number of aromatic nitrogens is 1. The summed E-state index contributed by atoms with van der Waals surface area (Å²) in [5, 5.41) is 17.3. The Morgan fingerprint density at radius 3 is 2.38 bits per heavy atom. The van der Waals surface area contributed by atoms with Gasteiger partial charge in [-0.1, -0.05) is 12.1 Å². The molecule has 1 aliphatic rings. The molecule has 1 aromatic carbocycles. The molecule has 1 amide bonds. The smallest absolute Gasteiger partial charge is 0.408 e. The molecule has 3 rings (SSSR count). The lowest BCUT2D eigenvalue weighted by atomic mass is 9.72. The van der Waals surface area contributed by atoms with Gasteiger partial charge in [-0.25, -0.2) is 9.78 Å². The molecule has 0 unspecified atom stereocenters. The van der Waals surface area contributed by atoms with Crippen LogP contribution in [0.2, 0.25) is 0 Å². The van der Waals surface area contributed by atoms with E-state index in [0.29, 0.717) is 9.39 Å². The highest BCUT2D eigenvalue weighted by atomic mass is 127. The molecule has 8 nitrogen and oxygen atoms in total. The van der Waals surface area contributed by atoms with E-state index in [-0.39, 0.29) is 11.5 Å². The third-order valence-electron chi connectivity index (χ3n) is 4.68. The highest BCUT2D eigenvalue weighted by molar-refractivity contribution is 14.1. The Hall–Kier alpha value is -2.43. The largest absolute Gasteiger partial charge is 0.444 e. The summed E-state index contributed by atoms with van der Waals surface area (Å²) in [6.45, 7) is 5.50. The third kappa shape index (κ3) is 5.14. The molecule has 2 N–H and O–H groups in total. The van der Waals surface area contributed by atoms with E-state index in [0.717, 1.165) is 24.8 Å². The van der Waals surface area contributed by atoms with Crippen molar-refractivity contribution in [2.75, 3.05) is 5.32 Å². The molecule has 1 aromatic heterocycles. The van der Waals surface area contributed by atoms with E-state index >= 15 is 0 Å². The van der Waals surface area contributed by atoms with Crippen molar-refractivity contribution in [2.45, 2.75) is 51.2 Å². The summed E-state index contributed by atoms with van der Waals surface area (Å²) in [5.41, 5.74) is 0.574. The van der Waals surface area contributed by atoms with Crippen LogP contribution in [0.5, 0.6) is 0 Å². The quantitative estimate of drug-likeness (QED) is 0.247. The van der Waals surface area contributed by atoms with Gasteiger partial charge in [-0.05, 0) is 86.4 Å². The molecule has 154 valence electrons. The number of nitrogens with zero attached hydrogens (tertiary/aromatic N) is 2. The zero-order valence-corrected chi connectivity index (χ0v) is 18.6. The van der Waals surface area contributed by atoms with Crippen molar-refractivity contribution in [2.24, 2.45) is 0 Å². The maximum Gasteiger partial charge on any atom is 0.408 e. The number of carbonyl (C=O) groups is 1. The van der Waals surface area contributed by atoms with Gasteiger partial charge in [0, 0.05) is 11.8 Å². The van der Waals surface area contributed by atoms with Crippen LogP contribution in [0, 0.1) is 13.8 Å². The van der Waals surface area contributed by atoms with Crippen LogP contribution in [-0.4, -0.2) is 21.6 Å². The molecule has 1 aliphatic carbocycles. The Labute approximate surface area is 182 Å².